The molecule has 0 aliphatic rings. The van der Waals surface area contributed by atoms with Gasteiger partial charge < -0.3 is 5.11 Å². The Morgan fingerprint density at radius 1 is 0.941 bits per heavy atom. The fraction of sp³-hybridized carbons (Fsp3) is 0.300. The lowest BCUT2D eigenvalue weighted by Gasteiger charge is -2.10. The smallest absolute Gasteiger partial charge is 0.200 e. The van der Waals surface area contributed by atoms with Gasteiger partial charge in [0.25, 0.3) is 0 Å². The lowest BCUT2D eigenvalue weighted by atomic mass is 10.0. The Morgan fingerprint density at radius 2 is 1.35 bits per heavy atom. The highest BCUT2D eigenvalue weighted by atomic mass is 19.2. The van der Waals surface area contributed by atoms with Crippen LogP contribution >= 0.6 is 0 Å². The van der Waals surface area contributed by atoms with Crippen molar-refractivity contribution < 1.29 is 27.1 Å². The molecule has 0 bridgehead atoms. The Labute approximate surface area is 92.9 Å². The second-order valence-corrected chi connectivity index (χ2v) is 3.27. The van der Waals surface area contributed by atoms with Gasteiger partial charge in [-0.05, 0) is 0 Å². The molecule has 2 nitrogen and oxygen atoms in total. The Morgan fingerprint density at radius 3 is 1.76 bits per heavy atom. The molecule has 0 saturated heterocycles. The van der Waals surface area contributed by atoms with Gasteiger partial charge in [0.05, 0.1) is 18.6 Å². The average molecular weight is 251 g/mol. The molecule has 1 rings (SSSR count). The monoisotopic (exact) mass is 251 g/mol. The van der Waals surface area contributed by atoms with Crippen molar-refractivity contribution in [1.29, 1.82) is 5.26 Å². The van der Waals surface area contributed by atoms with Gasteiger partial charge in [-0.25, -0.2) is 22.0 Å². The minimum atomic E-state index is -2.25. The first-order valence-corrected chi connectivity index (χ1v) is 4.45. The van der Waals surface area contributed by atoms with Crippen LogP contribution in [-0.4, -0.2) is 11.2 Å². The first-order chi connectivity index (χ1) is 7.90. The first-order valence-electron chi connectivity index (χ1n) is 4.45. The molecule has 1 aromatic carbocycles. The third-order valence-electron chi connectivity index (χ3n) is 2.07. The summed E-state index contributed by atoms with van der Waals surface area (Å²) in [5.41, 5.74) is -1.12. The summed E-state index contributed by atoms with van der Waals surface area (Å²) in [5, 5.41) is 17.3. The predicted octanol–water partition coefficient (Wildman–Crippen LogP) is 2.20. The molecule has 0 aliphatic heterocycles. The number of rotatable bonds is 3. The molecule has 0 spiro atoms. The number of aliphatic hydroxyl groups excluding tert-OH is 1. The molecule has 0 aliphatic carbocycles. The van der Waals surface area contributed by atoms with E-state index in [-0.39, 0.29) is 0 Å². The maximum Gasteiger partial charge on any atom is 0.200 e. The summed E-state index contributed by atoms with van der Waals surface area (Å²) in [6, 6.07) is 1.51. The van der Waals surface area contributed by atoms with Crippen LogP contribution in [0.4, 0.5) is 22.0 Å². The number of hydrogen-bond acceptors (Lipinski definition) is 2. The molecule has 1 atom stereocenters. The predicted molar refractivity (Wildman–Crippen MR) is 46.2 cm³/mol. The lowest BCUT2D eigenvalue weighted by molar-refractivity contribution is 0.176. The van der Waals surface area contributed by atoms with E-state index in [0.29, 0.717) is 0 Å². The number of halogens is 5. The van der Waals surface area contributed by atoms with Gasteiger partial charge in [-0.15, -0.1) is 0 Å². The van der Waals surface area contributed by atoms with Crippen molar-refractivity contribution >= 4 is 0 Å². The number of nitrogens with zero attached hydrogens (tertiary/aromatic N) is 1. The summed E-state index contributed by atoms with van der Waals surface area (Å²) in [4.78, 5) is 0. The van der Waals surface area contributed by atoms with E-state index in [1.165, 1.54) is 6.07 Å². The van der Waals surface area contributed by atoms with Gasteiger partial charge in [0.2, 0.25) is 5.82 Å². The lowest BCUT2D eigenvalue weighted by Crippen LogP contribution is -2.15. The molecule has 1 unspecified atom stereocenters. The summed E-state index contributed by atoms with van der Waals surface area (Å²) in [6.45, 7) is 0. The van der Waals surface area contributed by atoms with Crippen molar-refractivity contribution in [2.75, 3.05) is 0 Å². The van der Waals surface area contributed by atoms with Crippen LogP contribution in [0.1, 0.15) is 12.0 Å². The van der Waals surface area contributed by atoms with Gasteiger partial charge in [-0.1, -0.05) is 0 Å². The molecule has 0 fully saturated rings. The fourth-order valence-electron chi connectivity index (χ4n) is 1.24. The van der Waals surface area contributed by atoms with Crippen LogP contribution in [0.3, 0.4) is 0 Å². The molecule has 92 valence electrons. The van der Waals surface area contributed by atoms with E-state index in [9.17, 15) is 22.0 Å². The quantitative estimate of drug-likeness (QED) is 0.508. The van der Waals surface area contributed by atoms with E-state index < -0.39 is 53.6 Å². The third kappa shape index (κ3) is 2.53. The van der Waals surface area contributed by atoms with E-state index in [0.717, 1.165) is 0 Å². The van der Waals surface area contributed by atoms with E-state index in [1.54, 1.807) is 0 Å². The molecule has 0 radical (unpaired) electrons. The van der Waals surface area contributed by atoms with E-state index >= 15 is 0 Å². The molecule has 1 aromatic rings. The van der Waals surface area contributed by atoms with Crippen molar-refractivity contribution in [1.82, 2.24) is 0 Å². The average Bonchev–Trinajstić information content (AvgIpc) is 2.30. The normalized spacial score (nSPS) is 12.3. The highest BCUT2D eigenvalue weighted by Crippen LogP contribution is 2.24. The Hall–Kier alpha value is -1.68. The molecule has 0 saturated carbocycles. The maximum absolute atomic E-state index is 13.1. The summed E-state index contributed by atoms with van der Waals surface area (Å²) >= 11 is 0. The Bertz CT molecular complexity index is 454. The Kier molecular flexibility index (Phi) is 4.02. The minimum absolute atomic E-state index is 0.473. The van der Waals surface area contributed by atoms with Crippen molar-refractivity contribution in [3.05, 3.63) is 34.6 Å². The minimum Gasteiger partial charge on any atom is -0.392 e. The van der Waals surface area contributed by atoms with Gasteiger partial charge >= 0.3 is 0 Å². The number of aliphatic hydroxyl groups is 1. The van der Waals surface area contributed by atoms with Crippen LogP contribution in [0.2, 0.25) is 0 Å². The van der Waals surface area contributed by atoms with Crippen LogP contribution in [0.15, 0.2) is 0 Å². The highest BCUT2D eigenvalue weighted by molar-refractivity contribution is 5.24. The third-order valence-corrected chi connectivity index (χ3v) is 2.07. The zero-order chi connectivity index (χ0) is 13.2. The van der Waals surface area contributed by atoms with Crippen molar-refractivity contribution in [3.8, 4) is 6.07 Å². The van der Waals surface area contributed by atoms with E-state index in [2.05, 4.69) is 0 Å². The van der Waals surface area contributed by atoms with Crippen LogP contribution < -0.4 is 0 Å². The van der Waals surface area contributed by atoms with Crippen LogP contribution in [0, 0.1) is 40.4 Å². The molecular weight excluding hydrogens is 245 g/mol. The molecule has 1 N–H and O–H groups in total. The SMILES string of the molecule is N#CCC(O)Cc1c(F)c(F)c(F)c(F)c1F. The van der Waals surface area contributed by atoms with Gasteiger partial charge in [0.15, 0.2) is 23.3 Å². The van der Waals surface area contributed by atoms with Gasteiger partial charge in [0, 0.05) is 12.0 Å². The summed E-state index contributed by atoms with van der Waals surface area (Å²) < 4.78 is 64.3. The number of hydrogen-bond donors (Lipinski definition) is 1. The Balaban J connectivity index is 3.21. The second kappa shape index (κ2) is 5.10. The first kappa shape index (κ1) is 13.4. The van der Waals surface area contributed by atoms with Crippen molar-refractivity contribution in [3.63, 3.8) is 0 Å². The highest BCUT2D eigenvalue weighted by Gasteiger charge is 2.26. The zero-order valence-electron chi connectivity index (χ0n) is 8.28. The van der Waals surface area contributed by atoms with E-state index in [1.807, 2.05) is 0 Å². The molecule has 0 aromatic heterocycles. The van der Waals surface area contributed by atoms with Gasteiger partial charge in [-0.3, -0.25) is 0 Å². The van der Waals surface area contributed by atoms with Crippen molar-refractivity contribution in [2.24, 2.45) is 0 Å². The second-order valence-electron chi connectivity index (χ2n) is 3.27. The molecule has 0 amide bonds. The molecule has 0 heterocycles. The number of benzene rings is 1. The molecular formula is C10H6F5NO. The summed E-state index contributed by atoms with van der Waals surface area (Å²) in [6.07, 6.45) is -2.79. The standard InChI is InChI=1S/C10H6F5NO/c11-6-5(3-4(17)1-2-16)7(12)9(14)10(15)8(6)13/h4,17H,1,3H2. The summed E-state index contributed by atoms with van der Waals surface area (Å²) in [5.74, 6) is -10.4. The zero-order valence-corrected chi connectivity index (χ0v) is 8.28. The fourth-order valence-corrected chi connectivity index (χ4v) is 1.24. The van der Waals surface area contributed by atoms with Gasteiger partial charge in [0.1, 0.15) is 0 Å². The molecule has 17 heavy (non-hydrogen) atoms. The maximum atomic E-state index is 13.1. The van der Waals surface area contributed by atoms with Gasteiger partial charge in [-0.2, -0.15) is 5.26 Å². The molecule has 7 heteroatoms. The van der Waals surface area contributed by atoms with Crippen molar-refractivity contribution in [2.45, 2.75) is 18.9 Å². The summed E-state index contributed by atoms with van der Waals surface area (Å²) in [7, 11) is 0. The van der Waals surface area contributed by atoms with Crippen LogP contribution in [0.5, 0.6) is 0 Å². The van der Waals surface area contributed by atoms with E-state index in [4.69, 9.17) is 10.4 Å². The van der Waals surface area contributed by atoms with Crippen LogP contribution in [0.25, 0.3) is 0 Å². The number of nitriles is 1. The van der Waals surface area contributed by atoms with Crippen LogP contribution in [-0.2, 0) is 6.42 Å². The largest absolute Gasteiger partial charge is 0.392 e. The topological polar surface area (TPSA) is 44.0 Å².